The summed E-state index contributed by atoms with van der Waals surface area (Å²) in [6, 6.07) is 5.80. The summed E-state index contributed by atoms with van der Waals surface area (Å²) in [4.78, 5) is 0. The standard InChI is InChI=1S/C16H26FNO/c1-5-10-18-14(6-2)12(3)11-13-8-7-9-15(19-4)16(13)17/h7-9,12,14,18H,5-6,10-11H2,1-4H3. The van der Waals surface area contributed by atoms with Crippen LogP contribution in [0.5, 0.6) is 5.75 Å². The van der Waals surface area contributed by atoms with Crippen LogP contribution in [0.25, 0.3) is 0 Å². The highest BCUT2D eigenvalue weighted by atomic mass is 19.1. The summed E-state index contributed by atoms with van der Waals surface area (Å²) in [6.07, 6.45) is 2.92. The molecule has 108 valence electrons. The molecule has 0 bridgehead atoms. The van der Waals surface area contributed by atoms with Crippen LogP contribution >= 0.6 is 0 Å². The topological polar surface area (TPSA) is 21.3 Å². The molecule has 0 radical (unpaired) electrons. The van der Waals surface area contributed by atoms with E-state index in [1.165, 1.54) is 7.11 Å². The van der Waals surface area contributed by atoms with Crippen molar-refractivity contribution in [1.29, 1.82) is 0 Å². The smallest absolute Gasteiger partial charge is 0.168 e. The number of hydrogen-bond donors (Lipinski definition) is 1. The fourth-order valence-corrected chi connectivity index (χ4v) is 2.44. The highest BCUT2D eigenvalue weighted by Crippen LogP contribution is 2.23. The lowest BCUT2D eigenvalue weighted by atomic mass is 9.92. The van der Waals surface area contributed by atoms with E-state index in [1.807, 2.05) is 12.1 Å². The van der Waals surface area contributed by atoms with Crippen molar-refractivity contribution in [2.75, 3.05) is 13.7 Å². The minimum absolute atomic E-state index is 0.220. The van der Waals surface area contributed by atoms with Crippen LogP contribution in [0.1, 0.15) is 39.2 Å². The van der Waals surface area contributed by atoms with Gasteiger partial charge in [-0.3, -0.25) is 0 Å². The number of ether oxygens (including phenoxy) is 1. The summed E-state index contributed by atoms with van der Waals surface area (Å²) in [7, 11) is 1.50. The second-order valence-corrected chi connectivity index (χ2v) is 5.08. The van der Waals surface area contributed by atoms with Gasteiger partial charge in [0.15, 0.2) is 11.6 Å². The molecule has 0 saturated carbocycles. The Labute approximate surface area is 116 Å². The van der Waals surface area contributed by atoms with E-state index >= 15 is 0 Å². The van der Waals surface area contributed by atoms with E-state index in [0.29, 0.717) is 17.7 Å². The second-order valence-electron chi connectivity index (χ2n) is 5.08. The van der Waals surface area contributed by atoms with Crippen molar-refractivity contribution in [3.63, 3.8) is 0 Å². The Morgan fingerprint density at radius 1 is 1.32 bits per heavy atom. The van der Waals surface area contributed by atoms with Gasteiger partial charge in [-0.1, -0.05) is 32.9 Å². The van der Waals surface area contributed by atoms with Gasteiger partial charge in [0, 0.05) is 6.04 Å². The molecule has 2 unspecified atom stereocenters. The maximum Gasteiger partial charge on any atom is 0.168 e. The zero-order valence-corrected chi connectivity index (χ0v) is 12.5. The van der Waals surface area contributed by atoms with Crippen LogP contribution in [-0.4, -0.2) is 19.7 Å². The highest BCUT2D eigenvalue weighted by Gasteiger charge is 2.18. The summed E-state index contributed by atoms with van der Waals surface area (Å²) in [5.41, 5.74) is 0.739. The monoisotopic (exact) mass is 267 g/mol. The molecule has 0 aliphatic rings. The minimum atomic E-state index is -0.220. The van der Waals surface area contributed by atoms with Gasteiger partial charge in [0.25, 0.3) is 0 Å². The number of methoxy groups -OCH3 is 1. The molecule has 0 spiro atoms. The van der Waals surface area contributed by atoms with Gasteiger partial charge in [-0.25, -0.2) is 4.39 Å². The number of halogens is 1. The van der Waals surface area contributed by atoms with E-state index in [-0.39, 0.29) is 5.82 Å². The number of nitrogens with one attached hydrogen (secondary N) is 1. The lowest BCUT2D eigenvalue weighted by Crippen LogP contribution is -2.36. The number of rotatable bonds is 8. The molecule has 1 rings (SSSR count). The van der Waals surface area contributed by atoms with Crippen LogP contribution in [0.15, 0.2) is 18.2 Å². The fourth-order valence-electron chi connectivity index (χ4n) is 2.44. The quantitative estimate of drug-likeness (QED) is 0.773. The first-order valence-corrected chi connectivity index (χ1v) is 7.18. The molecule has 1 aromatic rings. The van der Waals surface area contributed by atoms with Crippen molar-refractivity contribution in [2.24, 2.45) is 5.92 Å². The minimum Gasteiger partial charge on any atom is -0.494 e. The van der Waals surface area contributed by atoms with Gasteiger partial charge in [0.1, 0.15) is 0 Å². The molecule has 0 aliphatic carbocycles. The van der Waals surface area contributed by atoms with Gasteiger partial charge in [-0.15, -0.1) is 0 Å². The third-order valence-electron chi connectivity index (χ3n) is 3.59. The van der Waals surface area contributed by atoms with Gasteiger partial charge >= 0.3 is 0 Å². The molecular weight excluding hydrogens is 241 g/mol. The summed E-state index contributed by atoms with van der Waals surface area (Å²) in [5.74, 6) is 0.514. The molecule has 0 heterocycles. The van der Waals surface area contributed by atoms with E-state index < -0.39 is 0 Å². The van der Waals surface area contributed by atoms with Crippen molar-refractivity contribution < 1.29 is 9.13 Å². The van der Waals surface area contributed by atoms with E-state index in [2.05, 4.69) is 26.1 Å². The molecular formula is C16H26FNO. The maximum atomic E-state index is 14.1. The predicted octanol–water partition coefficient (Wildman–Crippen LogP) is 3.79. The Bertz CT molecular complexity index is 381. The lowest BCUT2D eigenvalue weighted by Gasteiger charge is -2.24. The van der Waals surface area contributed by atoms with Gasteiger partial charge in [0.05, 0.1) is 7.11 Å². The van der Waals surface area contributed by atoms with E-state index in [0.717, 1.165) is 31.4 Å². The Hall–Kier alpha value is -1.09. The Morgan fingerprint density at radius 3 is 2.63 bits per heavy atom. The molecule has 2 atom stereocenters. The average molecular weight is 267 g/mol. The maximum absolute atomic E-state index is 14.1. The Balaban J connectivity index is 2.72. The molecule has 0 amide bonds. The van der Waals surface area contributed by atoms with E-state index in [9.17, 15) is 4.39 Å². The van der Waals surface area contributed by atoms with Crippen molar-refractivity contribution in [3.8, 4) is 5.75 Å². The van der Waals surface area contributed by atoms with Crippen molar-refractivity contribution in [3.05, 3.63) is 29.6 Å². The summed E-state index contributed by atoms with van der Waals surface area (Å²) >= 11 is 0. The van der Waals surface area contributed by atoms with E-state index in [4.69, 9.17) is 4.74 Å². The predicted molar refractivity (Wildman–Crippen MR) is 78.2 cm³/mol. The Morgan fingerprint density at radius 2 is 2.05 bits per heavy atom. The third kappa shape index (κ3) is 4.50. The molecule has 0 saturated heterocycles. The Kier molecular flexibility index (Phi) is 6.85. The first kappa shape index (κ1) is 16.0. The zero-order chi connectivity index (χ0) is 14.3. The zero-order valence-electron chi connectivity index (χ0n) is 12.5. The second kappa shape index (κ2) is 8.16. The van der Waals surface area contributed by atoms with Crippen molar-refractivity contribution in [1.82, 2.24) is 5.32 Å². The lowest BCUT2D eigenvalue weighted by molar-refractivity contribution is 0.354. The van der Waals surface area contributed by atoms with Gasteiger partial charge < -0.3 is 10.1 Å². The summed E-state index contributed by atoms with van der Waals surface area (Å²) < 4.78 is 19.1. The SMILES string of the molecule is CCCNC(CC)C(C)Cc1cccc(OC)c1F. The van der Waals surface area contributed by atoms with E-state index in [1.54, 1.807) is 6.07 Å². The number of hydrogen-bond acceptors (Lipinski definition) is 2. The third-order valence-corrected chi connectivity index (χ3v) is 3.59. The first-order valence-electron chi connectivity index (χ1n) is 7.18. The van der Waals surface area contributed by atoms with Crippen LogP contribution in [0.3, 0.4) is 0 Å². The molecule has 0 fully saturated rings. The van der Waals surface area contributed by atoms with Gasteiger partial charge in [-0.2, -0.15) is 0 Å². The average Bonchev–Trinajstić information content (AvgIpc) is 2.42. The molecule has 0 aliphatic heterocycles. The normalized spacial score (nSPS) is 14.2. The van der Waals surface area contributed by atoms with Gasteiger partial charge in [0.2, 0.25) is 0 Å². The first-order chi connectivity index (χ1) is 9.13. The molecule has 1 aromatic carbocycles. The molecule has 1 N–H and O–H groups in total. The largest absolute Gasteiger partial charge is 0.494 e. The molecule has 3 heteroatoms. The molecule has 0 aromatic heterocycles. The van der Waals surface area contributed by atoms with Crippen LogP contribution in [-0.2, 0) is 6.42 Å². The molecule has 2 nitrogen and oxygen atoms in total. The number of benzene rings is 1. The van der Waals surface area contributed by atoms with Crippen LogP contribution in [0.4, 0.5) is 4.39 Å². The van der Waals surface area contributed by atoms with Crippen molar-refractivity contribution >= 4 is 0 Å². The van der Waals surface area contributed by atoms with Crippen LogP contribution in [0, 0.1) is 11.7 Å². The summed E-state index contributed by atoms with van der Waals surface area (Å²) in [6.45, 7) is 7.52. The van der Waals surface area contributed by atoms with Gasteiger partial charge in [-0.05, 0) is 43.4 Å². The van der Waals surface area contributed by atoms with Crippen LogP contribution < -0.4 is 10.1 Å². The summed E-state index contributed by atoms with van der Waals surface area (Å²) in [5, 5.41) is 3.53. The fraction of sp³-hybridized carbons (Fsp3) is 0.625. The highest BCUT2D eigenvalue weighted by molar-refractivity contribution is 5.31. The van der Waals surface area contributed by atoms with Crippen LogP contribution in [0.2, 0.25) is 0 Å². The van der Waals surface area contributed by atoms with Crippen molar-refractivity contribution in [2.45, 2.75) is 46.1 Å². The molecule has 19 heavy (non-hydrogen) atoms.